The molecule has 8 nitrogen and oxygen atoms in total. The molecule has 0 atom stereocenters. The molecule has 2 heterocycles. The highest BCUT2D eigenvalue weighted by Gasteiger charge is 2.30. The topological polar surface area (TPSA) is 98.5 Å². The van der Waals surface area contributed by atoms with Crippen molar-refractivity contribution < 1.29 is 26.3 Å². The number of hydrogen-bond acceptors (Lipinski definition) is 6. The third kappa shape index (κ3) is 5.07. The molecule has 0 spiro atoms. The van der Waals surface area contributed by atoms with Crippen LogP contribution < -0.4 is 9.46 Å². The molecule has 0 aliphatic rings. The highest BCUT2D eigenvalue weighted by molar-refractivity contribution is 7.89. The Balaban J connectivity index is 1.41. The number of fused-ring (bicyclic) bond motifs is 1. The van der Waals surface area contributed by atoms with Crippen molar-refractivity contribution in [2.24, 2.45) is 0 Å². The summed E-state index contributed by atoms with van der Waals surface area (Å²) in [6.07, 6.45) is -4.55. The van der Waals surface area contributed by atoms with Gasteiger partial charge in [0, 0.05) is 18.2 Å². The lowest BCUT2D eigenvalue weighted by Crippen LogP contribution is -2.28. The van der Waals surface area contributed by atoms with Gasteiger partial charge in [0.2, 0.25) is 15.9 Å². The summed E-state index contributed by atoms with van der Waals surface area (Å²) in [6, 6.07) is 13.4. The number of hydrogen-bond donors (Lipinski definition) is 1. The van der Waals surface area contributed by atoms with Gasteiger partial charge in [-0.15, -0.1) is 15.3 Å². The normalized spacial score (nSPS) is 12.2. The van der Waals surface area contributed by atoms with Gasteiger partial charge in [0.05, 0.1) is 15.5 Å². The van der Waals surface area contributed by atoms with Gasteiger partial charge in [0.1, 0.15) is 6.61 Å². The molecule has 13 heteroatoms. The van der Waals surface area contributed by atoms with Crippen LogP contribution in [0.25, 0.3) is 17.0 Å². The SMILES string of the molecule is O=S(=O)(NCCOc1ccc2nnc(-c3ccccc3Cl)n2n1)c1ccc(C(F)(F)F)cc1. The van der Waals surface area contributed by atoms with Crippen molar-refractivity contribution in [2.75, 3.05) is 13.2 Å². The Hall–Kier alpha value is -3.22. The molecular formula is C20H15ClF3N5O3S. The number of alkyl halides is 3. The second-order valence-corrected chi connectivity index (χ2v) is 8.89. The predicted octanol–water partition coefficient (Wildman–Crippen LogP) is 3.82. The summed E-state index contributed by atoms with van der Waals surface area (Å²) in [5, 5.41) is 12.9. The Morgan fingerprint density at radius 1 is 1.00 bits per heavy atom. The zero-order valence-electron chi connectivity index (χ0n) is 16.6. The molecule has 0 amide bonds. The molecule has 0 aliphatic carbocycles. The summed E-state index contributed by atoms with van der Waals surface area (Å²) in [4.78, 5) is -0.288. The van der Waals surface area contributed by atoms with E-state index in [-0.39, 0.29) is 23.9 Å². The third-order valence-electron chi connectivity index (χ3n) is 4.49. The second-order valence-electron chi connectivity index (χ2n) is 6.71. The first-order chi connectivity index (χ1) is 15.6. The summed E-state index contributed by atoms with van der Waals surface area (Å²) < 4.78 is 71.7. The molecule has 0 saturated carbocycles. The molecule has 0 bridgehead atoms. The number of aromatic nitrogens is 4. The summed E-state index contributed by atoms with van der Waals surface area (Å²) in [6.45, 7) is -0.218. The van der Waals surface area contributed by atoms with Crippen LogP contribution in [0.2, 0.25) is 5.02 Å². The number of sulfonamides is 1. The Labute approximate surface area is 191 Å². The van der Waals surface area contributed by atoms with Gasteiger partial charge in [-0.1, -0.05) is 23.7 Å². The lowest BCUT2D eigenvalue weighted by molar-refractivity contribution is -0.137. The first-order valence-electron chi connectivity index (χ1n) is 9.42. The van der Waals surface area contributed by atoms with Gasteiger partial charge >= 0.3 is 6.18 Å². The molecular weight excluding hydrogens is 483 g/mol. The van der Waals surface area contributed by atoms with Crippen LogP contribution in [0.1, 0.15) is 5.56 Å². The second kappa shape index (κ2) is 8.96. The van der Waals surface area contributed by atoms with Crippen LogP contribution in [-0.4, -0.2) is 41.4 Å². The van der Waals surface area contributed by atoms with Crippen LogP contribution in [0.15, 0.2) is 65.6 Å². The first kappa shape index (κ1) is 23.0. The molecule has 4 rings (SSSR count). The number of benzene rings is 2. The number of halogens is 4. The Morgan fingerprint density at radius 3 is 2.42 bits per heavy atom. The fraction of sp³-hybridized carbons (Fsp3) is 0.150. The van der Waals surface area contributed by atoms with Crippen LogP contribution in [0, 0.1) is 0 Å². The van der Waals surface area contributed by atoms with Crippen LogP contribution in [0.3, 0.4) is 0 Å². The molecule has 0 radical (unpaired) electrons. The maximum Gasteiger partial charge on any atom is 0.416 e. The van der Waals surface area contributed by atoms with Gasteiger partial charge in [-0.25, -0.2) is 13.1 Å². The van der Waals surface area contributed by atoms with Gasteiger partial charge in [-0.05, 0) is 42.5 Å². The largest absolute Gasteiger partial charge is 0.475 e. The van der Waals surface area contributed by atoms with Gasteiger partial charge in [0.25, 0.3) is 0 Å². The predicted molar refractivity (Wildman–Crippen MR) is 113 cm³/mol. The minimum atomic E-state index is -4.55. The monoisotopic (exact) mass is 497 g/mol. The van der Waals surface area contributed by atoms with Crippen molar-refractivity contribution in [1.29, 1.82) is 0 Å². The zero-order chi connectivity index (χ0) is 23.6. The fourth-order valence-electron chi connectivity index (χ4n) is 2.90. The number of nitrogens with zero attached hydrogens (tertiary/aromatic N) is 4. The number of ether oxygens (including phenoxy) is 1. The molecule has 1 N–H and O–H groups in total. The minimum Gasteiger partial charge on any atom is -0.475 e. The fourth-order valence-corrected chi connectivity index (χ4v) is 4.13. The summed E-state index contributed by atoms with van der Waals surface area (Å²) in [5.41, 5.74) is 0.150. The standard InChI is InChI=1S/C20H15ClF3N5O3S/c21-16-4-2-1-3-15(16)19-27-26-17-9-10-18(28-29(17)19)32-12-11-25-33(30,31)14-7-5-13(6-8-14)20(22,23)24/h1-10,25H,11-12H2. The average molecular weight is 498 g/mol. The Morgan fingerprint density at radius 2 is 1.73 bits per heavy atom. The van der Waals surface area contributed by atoms with Crippen LogP contribution in [-0.2, 0) is 16.2 Å². The van der Waals surface area contributed by atoms with Crippen LogP contribution >= 0.6 is 11.6 Å². The van der Waals surface area contributed by atoms with E-state index in [4.69, 9.17) is 16.3 Å². The molecule has 0 unspecified atom stereocenters. The molecule has 0 saturated heterocycles. The van der Waals surface area contributed by atoms with Gasteiger partial charge < -0.3 is 4.74 Å². The van der Waals surface area contributed by atoms with E-state index < -0.39 is 21.8 Å². The molecule has 33 heavy (non-hydrogen) atoms. The summed E-state index contributed by atoms with van der Waals surface area (Å²) in [5.74, 6) is 0.591. The van der Waals surface area contributed by atoms with E-state index in [0.717, 1.165) is 12.1 Å². The molecule has 4 aromatic rings. The van der Waals surface area contributed by atoms with Crippen LogP contribution in [0.5, 0.6) is 5.88 Å². The van der Waals surface area contributed by atoms with Gasteiger partial charge in [-0.3, -0.25) is 0 Å². The maximum absolute atomic E-state index is 12.6. The highest BCUT2D eigenvalue weighted by atomic mass is 35.5. The molecule has 2 aromatic carbocycles. The van der Waals surface area contributed by atoms with E-state index in [2.05, 4.69) is 20.0 Å². The van der Waals surface area contributed by atoms with E-state index in [0.29, 0.717) is 34.2 Å². The smallest absolute Gasteiger partial charge is 0.416 e. The average Bonchev–Trinajstić information content (AvgIpc) is 3.20. The van der Waals surface area contributed by atoms with Gasteiger partial charge in [-0.2, -0.15) is 17.7 Å². The molecule has 2 aromatic heterocycles. The van der Waals surface area contributed by atoms with Crippen LogP contribution in [0.4, 0.5) is 13.2 Å². The van der Waals surface area contributed by atoms with Crippen molar-refractivity contribution in [3.63, 3.8) is 0 Å². The first-order valence-corrected chi connectivity index (χ1v) is 11.3. The van der Waals surface area contributed by atoms with Crippen molar-refractivity contribution in [1.82, 2.24) is 24.5 Å². The number of rotatable bonds is 7. The Bertz CT molecular complexity index is 1390. The molecule has 172 valence electrons. The van der Waals surface area contributed by atoms with E-state index in [1.54, 1.807) is 36.4 Å². The third-order valence-corrected chi connectivity index (χ3v) is 6.30. The van der Waals surface area contributed by atoms with Crippen molar-refractivity contribution in [3.05, 3.63) is 71.2 Å². The number of nitrogens with one attached hydrogen (secondary N) is 1. The highest BCUT2D eigenvalue weighted by Crippen LogP contribution is 2.30. The Kier molecular flexibility index (Phi) is 6.23. The van der Waals surface area contributed by atoms with Crippen molar-refractivity contribution in [3.8, 4) is 17.3 Å². The maximum atomic E-state index is 12.6. The molecule has 0 aliphatic heterocycles. The van der Waals surface area contributed by atoms with E-state index in [9.17, 15) is 21.6 Å². The lowest BCUT2D eigenvalue weighted by Gasteiger charge is -2.10. The lowest BCUT2D eigenvalue weighted by atomic mass is 10.2. The van der Waals surface area contributed by atoms with E-state index >= 15 is 0 Å². The van der Waals surface area contributed by atoms with E-state index in [1.165, 1.54) is 4.52 Å². The summed E-state index contributed by atoms with van der Waals surface area (Å²) >= 11 is 6.22. The van der Waals surface area contributed by atoms with Crippen molar-refractivity contribution >= 4 is 27.3 Å². The van der Waals surface area contributed by atoms with Gasteiger partial charge in [0.15, 0.2) is 11.5 Å². The summed E-state index contributed by atoms with van der Waals surface area (Å²) in [7, 11) is -4.01. The minimum absolute atomic E-state index is 0.0814. The van der Waals surface area contributed by atoms with Crippen molar-refractivity contribution in [2.45, 2.75) is 11.1 Å². The zero-order valence-corrected chi connectivity index (χ0v) is 18.2. The molecule has 0 fully saturated rings. The van der Waals surface area contributed by atoms with E-state index in [1.807, 2.05) is 0 Å². The quantitative estimate of drug-likeness (QED) is 0.390.